The molecule has 3 heterocycles. The van der Waals surface area contributed by atoms with Crippen LogP contribution < -0.4 is 4.74 Å². The molecule has 0 aliphatic carbocycles. The van der Waals surface area contributed by atoms with Gasteiger partial charge in [0.15, 0.2) is 0 Å². The molecule has 0 saturated carbocycles. The Kier molecular flexibility index (Phi) is 5.81. The number of amides is 1. The van der Waals surface area contributed by atoms with Crippen LogP contribution in [-0.2, 0) is 4.74 Å². The minimum absolute atomic E-state index is 0.0579. The minimum Gasteiger partial charge on any atom is -0.475 e. The highest BCUT2D eigenvalue weighted by Gasteiger charge is 2.37. The Morgan fingerprint density at radius 3 is 2.66 bits per heavy atom. The van der Waals surface area contributed by atoms with Gasteiger partial charge in [0.1, 0.15) is 12.7 Å². The number of carbonyl (C=O) groups excluding carboxylic acids is 1. The van der Waals surface area contributed by atoms with Crippen LogP contribution in [0.3, 0.4) is 0 Å². The number of morpholine rings is 1. The van der Waals surface area contributed by atoms with E-state index in [1.807, 2.05) is 66.4 Å². The van der Waals surface area contributed by atoms with Crippen molar-refractivity contribution in [2.45, 2.75) is 19.1 Å². The summed E-state index contributed by atoms with van der Waals surface area (Å²) in [4.78, 5) is 23.6. The Morgan fingerprint density at radius 2 is 1.93 bits per heavy atom. The van der Waals surface area contributed by atoms with Gasteiger partial charge in [0.25, 0.3) is 5.91 Å². The van der Waals surface area contributed by atoms with Crippen molar-refractivity contribution in [1.29, 1.82) is 0 Å². The highest BCUT2D eigenvalue weighted by molar-refractivity contribution is 5.94. The van der Waals surface area contributed by atoms with Crippen molar-refractivity contribution in [3.05, 3.63) is 89.9 Å². The average Bonchev–Trinajstić information content (AvgIpc) is 2.79. The molecule has 2 atom stereocenters. The number of hydrogen-bond donors (Lipinski definition) is 0. The summed E-state index contributed by atoms with van der Waals surface area (Å²) in [6.07, 6.45) is 3.01. The normalized spacial score (nSPS) is 19.0. The molecule has 1 aliphatic heterocycles. The first-order valence-corrected chi connectivity index (χ1v) is 9.66. The van der Waals surface area contributed by atoms with Crippen LogP contribution in [0, 0.1) is 6.92 Å². The first-order valence-electron chi connectivity index (χ1n) is 9.66. The molecule has 6 nitrogen and oxygen atoms in total. The molecule has 1 aliphatic rings. The van der Waals surface area contributed by atoms with Gasteiger partial charge in [0.05, 0.1) is 18.2 Å². The smallest absolute Gasteiger partial charge is 0.256 e. The Labute approximate surface area is 170 Å². The Balaban J connectivity index is 1.60. The third-order valence-electron chi connectivity index (χ3n) is 4.95. The van der Waals surface area contributed by atoms with Gasteiger partial charge in [0, 0.05) is 30.7 Å². The van der Waals surface area contributed by atoms with Crippen LogP contribution in [0.5, 0.6) is 5.88 Å². The second kappa shape index (κ2) is 8.84. The van der Waals surface area contributed by atoms with Gasteiger partial charge in [-0.2, -0.15) is 0 Å². The van der Waals surface area contributed by atoms with Gasteiger partial charge in [-0.15, -0.1) is 0 Å². The van der Waals surface area contributed by atoms with Crippen molar-refractivity contribution in [3.63, 3.8) is 0 Å². The van der Waals surface area contributed by atoms with Crippen molar-refractivity contribution in [2.75, 3.05) is 19.8 Å². The lowest BCUT2D eigenvalue weighted by Crippen LogP contribution is -2.50. The third kappa shape index (κ3) is 4.43. The molecule has 1 aromatic carbocycles. The van der Waals surface area contributed by atoms with Gasteiger partial charge in [-0.25, -0.2) is 4.98 Å². The van der Waals surface area contributed by atoms with E-state index in [1.165, 1.54) is 0 Å². The second-order valence-corrected chi connectivity index (χ2v) is 6.93. The number of pyridine rings is 2. The van der Waals surface area contributed by atoms with Crippen molar-refractivity contribution < 1.29 is 14.3 Å². The highest BCUT2D eigenvalue weighted by atomic mass is 16.5. The zero-order valence-corrected chi connectivity index (χ0v) is 16.3. The predicted molar refractivity (Wildman–Crippen MR) is 109 cm³/mol. The lowest BCUT2D eigenvalue weighted by molar-refractivity contribution is -0.0774. The van der Waals surface area contributed by atoms with E-state index in [0.717, 1.165) is 11.3 Å². The number of rotatable bonds is 5. The fourth-order valence-corrected chi connectivity index (χ4v) is 3.51. The van der Waals surface area contributed by atoms with Gasteiger partial charge in [-0.3, -0.25) is 9.78 Å². The van der Waals surface area contributed by atoms with Crippen LogP contribution >= 0.6 is 0 Å². The van der Waals surface area contributed by atoms with E-state index >= 15 is 0 Å². The van der Waals surface area contributed by atoms with E-state index in [-0.39, 0.29) is 18.1 Å². The minimum atomic E-state index is -0.310. The van der Waals surface area contributed by atoms with Gasteiger partial charge < -0.3 is 14.4 Å². The van der Waals surface area contributed by atoms with Crippen LogP contribution in [0.4, 0.5) is 0 Å². The summed E-state index contributed by atoms with van der Waals surface area (Å²) < 4.78 is 11.9. The summed E-state index contributed by atoms with van der Waals surface area (Å²) in [7, 11) is 0. The molecular weight excluding hydrogens is 366 g/mol. The number of benzene rings is 1. The molecule has 3 aromatic rings. The van der Waals surface area contributed by atoms with E-state index < -0.39 is 0 Å². The summed E-state index contributed by atoms with van der Waals surface area (Å²) in [5.41, 5.74) is 2.46. The number of aromatic nitrogens is 2. The molecule has 0 radical (unpaired) electrons. The fraction of sp³-hybridized carbons (Fsp3) is 0.261. The van der Waals surface area contributed by atoms with Gasteiger partial charge in [-0.1, -0.05) is 36.4 Å². The highest BCUT2D eigenvalue weighted by Crippen LogP contribution is 2.31. The van der Waals surface area contributed by atoms with Gasteiger partial charge in [-0.05, 0) is 30.7 Å². The largest absolute Gasteiger partial charge is 0.475 e. The van der Waals surface area contributed by atoms with Gasteiger partial charge >= 0.3 is 0 Å². The zero-order valence-electron chi connectivity index (χ0n) is 16.3. The standard InChI is InChI=1S/C23H23N3O3/c1-17-10-11-19(15-25-17)23(27)26-13-14-28-20(16-29-21-9-5-6-12-24-21)22(26)18-7-3-2-4-8-18/h2-12,15,20,22H,13-14,16H2,1H3. The monoisotopic (exact) mass is 389 g/mol. The van der Waals surface area contributed by atoms with Crippen LogP contribution in [0.1, 0.15) is 27.7 Å². The van der Waals surface area contributed by atoms with E-state index in [0.29, 0.717) is 31.2 Å². The van der Waals surface area contributed by atoms with Crippen LogP contribution in [0.25, 0.3) is 0 Å². The summed E-state index contributed by atoms with van der Waals surface area (Å²) in [5, 5.41) is 0. The molecule has 148 valence electrons. The third-order valence-corrected chi connectivity index (χ3v) is 4.95. The molecule has 0 N–H and O–H groups in total. The first-order chi connectivity index (χ1) is 14.2. The van der Waals surface area contributed by atoms with Crippen LogP contribution in [0.15, 0.2) is 73.1 Å². The molecule has 4 rings (SSSR count). The molecule has 1 amide bonds. The molecule has 2 unspecified atom stereocenters. The molecule has 1 saturated heterocycles. The lowest BCUT2D eigenvalue weighted by atomic mass is 9.97. The van der Waals surface area contributed by atoms with Crippen molar-refractivity contribution in [2.24, 2.45) is 0 Å². The quantitative estimate of drug-likeness (QED) is 0.669. The summed E-state index contributed by atoms with van der Waals surface area (Å²) in [6, 6.07) is 18.9. The molecule has 29 heavy (non-hydrogen) atoms. The Hall–Kier alpha value is -3.25. The number of hydrogen-bond acceptors (Lipinski definition) is 5. The zero-order chi connectivity index (χ0) is 20.1. The van der Waals surface area contributed by atoms with Crippen molar-refractivity contribution >= 4 is 5.91 Å². The predicted octanol–water partition coefficient (Wildman–Crippen LogP) is 3.45. The fourth-order valence-electron chi connectivity index (χ4n) is 3.51. The lowest BCUT2D eigenvalue weighted by Gasteiger charge is -2.41. The van der Waals surface area contributed by atoms with E-state index in [9.17, 15) is 4.79 Å². The molecule has 1 fully saturated rings. The van der Waals surface area contributed by atoms with E-state index in [1.54, 1.807) is 18.5 Å². The number of carbonyl (C=O) groups is 1. The molecule has 6 heteroatoms. The van der Waals surface area contributed by atoms with E-state index in [2.05, 4.69) is 9.97 Å². The van der Waals surface area contributed by atoms with Crippen LogP contribution in [-0.4, -0.2) is 46.6 Å². The molecule has 0 spiro atoms. The molecule has 2 aromatic heterocycles. The number of aryl methyl sites for hydroxylation is 1. The average molecular weight is 389 g/mol. The summed E-state index contributed by atoms with van der Waals surface area (Å²) in [5.74, 6) is 0.478. The van der Waals surface area contributed by atoms with Crippen molar-refractivity contribution in [1.82, 2.24) is 14.9 Å². The topological polar surface area (TPSA) is 64.6 Å². The Morgan fingerprint density at radius 1 is 1.10 bits per heavy atom. The Bertz CT molecular complexity index is 933. The second-order valence-electron chi connectivity index (χ2n) is 6.93. The maximum absolute atomic E-state index is 13.3. The SMILES string of the molecule is Cc1ccc(C(=O)N2CCOC(COc3ccccn3)C2c2ccccc2)cn1. The van der Waals surface area contributed by atoms with Gasteiger partial charge in [0.2, 0.25) is 5.88 Å². The number of ether oxygens (including phenoxy) is 2. The van der Waals surface area contributed by atoms with Crippen LogP contribution in [0.2, 0.25) is 0 Å². The van der Waals surface area contributed by atoms with Crippen molar-refractivity contribution in [3.8, 4) is 5.88 Å². The number of nitrogens with zero attached hydrogens (tertiary/aromatic N) is 3. The first kappa shape index (κ1) is 19.1. The maximum Gasteiger partial charge on any atom is 0.256 e. The van der Waals surface area contributed by atoms with E-state index in [4.69, 9.17) is 9.47 Å². The molecular formula is C23H23N3O3. The maximum atomic E-state index is 13.3. The summed E-state index contributed by atoms with van der Waals surface area (Å²) in [6.45, 7) is 3.16. The molecule has 0 bridgehead atoms. The summed E-state index contributed by atoms with van der Waals surface area (Å²) >= 11 is 0.